The fourth-order valence-corrected chi connectivity index (χ4v) is 5.70. The molecule has 0 bridgehead atoms. The van der Waals surface area contributed by atoms with Crippen molar-refractivity contribution >= 4 is 55.9 Å². The van der Waals surface area contributed by atoms with Crippen LogP contribution in [0.3, 0.4) is 0 Å². The summed E-state index contributed by atoms with van der Waals surface area (Å²) in [6.45, 7) is 0.219. The van der Waals surface area contributed by atoms with E-state index in [-0.39, 0.29) is 40.2 Å². The first-order valence-electron chi connectivity index (χ1n) is 12.5. The monoisotopic (exact) mass is 611 g/mol. The molecule has 0 radical (unpaired) electrons. The van der Waals surface area contributed by atoms with Gasteiger partial charge in [-0.1, -0.05) is 5.16 Å². The van der Waals surface area contributed by atoms with Crippen LogP contribution in [0, 0.1) is 11.3 Å². The van der Waals surface area contributed by atoms with Gasteiger partial charge in [0.1, 0.15) is 5.69 Å². The Bertz CT molecular complexity index is 1480. The number of hydrogen-bond acceptors (Lipinski definition) is 14. The highest BCUT2D eigenvalue weighted by atomic mass is 32.2. The molecule has 1 aliphatic carbocycles. The van der Waals surface area contributed by atoms with E-state index in [0.717, 1.165) is 16.1 Å². The molecule has 4 rings (SSSR count). The number of aromatic nitrogens is 4. The summed E-state index contributed by atoms with van der Waals surface area (Å²) in [4.78, 5) is 47.9. The molecule has 2 fully saturated rings. The largest absolute Gasteiger partial charge is 0.478 e. The van der Waals surface area contributed by atoms with Gasteiger partial charge >= 0.3 is 16.3 Å². The van der Waals surface area contributed by atoms with Crippen LogP contribution in [0.5, 0.6) is 0 Å². The Balaban J connectivity index is 1.50. The molecular weight excluding hydrogens is 582 g/mol. The quantitative estimate of drug-likeness (QED) is 0.0702. The number of carbonyl (C=O) groups is 3. The number of rotatable bonds is 16. The van der Waals surface area contributed by atoms with Crippen LogP contribution >= 0.6 is 11.3 Å². The Hall–Kier alpha value is -3.81. The number of aryl methyl sites for hydroxylation is 1. The van der Waals surface area contributed by atoms with Gasteiger partial charge < -0.3 is 26.8 Å². The van der Waals surface area contributed by atoms with Gasteiger partial charge in [0.15, 0.2) is 16.6 Å². The van der Waals surface area contributed by atoms with E-state index in [2.05, 4.69) is 20.3 Å². The number of nitrogens with zero attached hydrogens (tertiary/aromatic N) is 6. The number of amides is 1. The number of ketones is 1. The maximum absolute atomic E-state index is 13.3. The number of anilines is 1. The average Bonchev–Trinajstić information content (AvgIpc) is 3.37. The summed E-state index contributed by atoms with van der Waals surface area (Å²) < 4.78 is 33.8. The van der Waals surface area contributed by atoms with Gasteiger partial charge in [-0.05, 0) is 32.2 Å². The minimum atomic E-state index is -4.96. The summed E-state index contributed by atoms with van der Waals surface area (Å²) in [5.74, 6) is -4.25. The second kappa shape index (κ2) is 12.0. The van der Waals surface area contributed by atoms with Crippen LogP contribution in [0.25, 0.3) is 0 Å². The summed E-state index contributed by atoms with van der Waals surface area (Å²) in [5, 5.41) is 30.9. The number of carboxylic acids is 1. The lowest BCUT2D eigenvalue weighted by molar-refractivity contribution is -0.153. The van der Waals surface area contributed by atoms with Crippen LogP contribution in [0.1, 0.15) is 49.9 Å². The van der Waals surface area contributed by atoms with Crippen molar-refractivity contribution in [3.05, 3.63) is 23.0 Å². The Morgan fingerprint density at radius 3 is 2.63 bits per heavy atom. The van der Waals surface area contributed by atoms with Crippen molar-refractivity contribution in [3.63, 3.8) is 0 Å². The Morgan fingerprint density at radius 1 is 1.32 bits per heavy atom. The standard InChI is InChI=1S/C22H29N9O8S2/c23-7-1-2-12(24)3-4-13-9-26-30(28-13)10-16-14(19(33)31(16)41(36,37)38)8-17(32)18(15-11-40-21(25)27-15)29-39-22(5-6-22)20(34)35/h9,11,14,16,24H,1-8,10,23H2,(H2,25,27)(H,34,35)(H,36,37,38)/b24-12?,29-18-/t14-,16+/m0/s1. The molecular formula is C22H29N9O8S2. The zero-order chi connectivity index (χ0) is 29.9. The second-order valence-electron chi connectivity index (χ2n) is 9.70. The van der Waals surface area contributed by atoms with Crippen LogP contribution in [-0.2, 0) is 42.5 Å². The van der Waals surface area contributed by atoms with Crippen molar-refractivity contribution in [1.29, 1.82) is 5.41 Å². The molecule has 17 nitrogen and oxygen atoms in total. The van der Waals surface area contributed by atoms with E-state index in [1.807, 2.05) is 0 Å². The molecule has 2 aliphatic rings. The van der Waals surface area contributed by atoms with Crippen LogP contribution in [0.2, 0.25) is 0 Å². The van der Waals surface area contributed by atoms with Gasteiger partial charge in [-0.3, -0.25) is 14.1 Å². The maximum Gasteiger partial charge on any atom is 0.362 e. The van der Waals surface area contributed by atoms with Crippen molar-refractivity contribution in [1.82, 2.24) is 24.3 Å². The van der Waals surface area contributed by atoms with E-state index < -0.39 is 51.9 Å². The molecule has 2 aromatic heterocycles. The lowest BCUT2D eigenvalue weighted by atomic mass is 9.84. The first-order valence-corrected chi connectivity index (χ1v) is 14.8. The third-order valence-corrected chi connectivity index (χ3v) is 8.31. The minimum absolute atomic E-state index is 0.00376. The number of carboxylic acid groups (broad SMARTS) is 1. The van der Waals surface area contributed by atoms with Crippen LogP contribution in [0.15, 0.2) is 16.7 Å². The highest BCUT2D eigenvalue weighted by Crippen LogP contribution is 2.40. The topological polar surface area (TPSA) is 270 Å². The van der Waals surface area contributed by atoms with Crippen molar-refractivity contribution in [2.24, 2.45) is 16.8 Å². The minimum Gasteiger partial charge on any atom is -0.478 e. The molecule has 0 unspecified atom stereocenters. The third-order valence-electron chi connectivity index (χ3n) is 6.69. The molecule has 1 amide bonds. The van der Waals surface area contributed by atoms with Gasteiger partial charge in [-0.25, -0.2) is 14.1 Å². The SMILES string of the molecule is N=C(CCCN)CCc1cnn(C[C@@H]2[C@H](CC(=O)/C(=N\OC3(C(=O)O)CC3)c3csc(N)n3)C(=O)N2S(=O)(=O)O)n1. The second-order valence-corrected chi connectivity index (χ2v) is 11.9. The number of nitrogen functional groups attached to an aromatic ring is 1. The fraction of sp³-hybridized carbons (Fsp3) is 0.545. The first-order chi connectivity index (χ1) is 19.3. The van der Waals surface area contributed by atoms with Crippen LogP contribution in [-0.4, -0.2) is 89.6 Å². The molecule has 2 aromatic rings. The Morgan fingerprint density at radius 2 is 2.05 bits per heavy atom. The van der Waals surface area contributed by atoms with E-state index >= 15 is 0 Å². The summed E-state index contributed by atoms with van der Waals surface area (Å²) in [6.07, 6.45) is 3.37. The molecule has 19 heteroatoms. The molecule has 41 heavy (non-hydrogen) atoms. The summed E-state index contributed by atoms with van der Waals surface area (Å²) in [5.41, 5.74) is 10.2. The molecule has 2 atom stereocenters. The zero-order valence-corrected chi connectivity index (χ0v) is 23.3. The zero-order valence-electron chi connectivity index (χ0n) is 21.7. The van der Waals surface area contributed by atoms with Crippen molar-refractivity contribution < 1.29 is 37.3 Å². The lowest BCUT2D eigenvalue weighted by Gasteiger charge is -2.43. The summed E-state index contributed by atoms with van der Waals surface area (Å²) in [6, 6.07) is -1.21. The van der Waals surface area contributed by atoms with Crippen molar-refractivity contribution in [2.75, 3.05) is 12.3 Å². The molecule has 3 heterocycles. The van der Waals surface area contributed by atoms with Crippen molar-refractivity contribution in [3.8, 4) is 0 Å². The number of nitrogens with two attached hydrogens (primary N) is 2. The average molecular weight is 612 g/mol. The number of β-lactam (4-membered cyclic amide) rings is 1. The van der Waals surface area contributed by atoms with Crippen molar-refractivity contribution in [2.45, 2.75) is 63.1 Å². The third kappa shape index (κ3) is 6.92. The number of oxime groups is 1. The number of Topliss-reactive ketones (excluding diaryl/α,β-unsaturated/α-hetero) is 1. The maximum atomic E-state index is 13.3. The van der Waals surface area contributed by atoms with Gasteiger partial charge in [0.05, 0.1) is 30.4 Å². The number of carbonyl (C=O) groups excluding carboxylic acids is 2. The summed E-state index contributed by atoms with van der Waals surface area (Å²) >= 11 is 0.998. The predicted molar refractivity (Wildman–Crippen MR) is 143 cm³/mol. The van der Waals surface area contributed by atoms with Gasteiger partial charge in [0, 0.05) is 30.4 Å². The van der Waals surface area contributed by atoms with Gasteiger partial charge in [0.2, 0.25) is 11.5 Å². The van der Waals surface area contributed by atoms with Crippen LogP contribution < -0.4 is 11.5 Å². The van der Waals surface area contributed by atoms with E-state index in [1.54, 1.807) is 0 Å². The first kappa shape index (κ1) is 30.2. The van der Waals surface area contributed by atoms with Crippen LogP contribution in [0.4, 0.5) is 5.13 Å². The number of aliphatic carboxylic acids is 1. The van der Waals surface area contributed by atoms with Gasteiger partial charge in [-0.15, -0.1) is 11.3 Å². The fourth-order valence-electron chi connectivity index (χ4n) is 4.23. The number of hydrogen-bond donors (Lipinski definition) is 5. The summed E-state index contributed by atoms with van der Waals surface area (Å²) in [7, 11) is -4.96. The lowest BCUT2D eigenvalue weighted by Crippen LogP contribution is -2.64. The Labute approximate surface area is 237 Å². The van der Waals surface area contributed by atoms with E-state index in [9.17, 15) is 32.5 Å². The molecule has 7 N–H and O–H groups in total. The van der Waals surface area contributed by atoms with Gasteiger partial charge in [0.25, 0.3) is 0 Å². The molecule has 1 aliphatic heterocycles. The van der Waals surface area contributed by atoms with E-state index in [4.69, 9.17) is 21.7 Å². The normalized spacial score (nSPS) is 20.0. The number of nitrogens with one attached hydrogen (secondary N) is 1. The Kier molecular flexibility index (Phi) is 8.80. The highest BCUT2D eigenvalue weighted by Gasteiger charge is 2.56. The van der Waals surface area contributed by atoms with E-state index in [1.165, 1.54) is 11.6 Å². The molecule has 222 valence electrons. The van der Waals surface area contributed by atoms with Gasteiger partial charge in [-0.2, -0.15) is 23.4 Å². The molecule has 1 saturated carbocycles. The number of thiazole rings is 1. The van der Waals surface area contributed by atoms with E-state index in [0.29, 0.717) is 43.6 Å². The molecule has 1 saturated heterocycles. The predicted octanol–water partition coefficient (Wildman–Crippen LogP) is -0.365. The molecule has 0 aromatic carbocycles. The highest BCUT2D eigenvalue weighted by molar-refractivity contribution is 7.84. The smallest absolute Gasteiger partial charge is 0.362 e. The molecule has 0 spiro atoms.